The van der Waals surface area contributed by atoms with Crippen molar-refractivity contribution in [3.8, 4) is 0 Å². The summed E-state index contributed by atoms with van der Waals surface area (Å²) >= 11 is 0. The van der Waals surface area contributed by atoms with Gasteiger partial charge in [0, 0.05) is 37.5 Å². The van der Waals surface area contributed by atoms with Gasteiger partial charge in [0.05, 0.1) is 11.5 Å². The maximum Gasteiger partial charge on any atom is 0.269 e. The number of carbonyl (C=O) groups is 1. The number of hydrogen-bond acceptors (Lipinski definition) is 4. The van der Waals surface area contributed by atoms with Crippen molar-refractivity contribution in [1.82, 2.24) is 4.90 Å². The predicted octanol–water partition coefficient (Wildman–Crippen LogP) is 2.75. The topological polar surface area (TPSA) is 66.7 Å². The number of para-hydroxylation sites is 1. The molecule has 0 unspecified atom stereocenters. The zero-order valence-electron chi connectivity index (χ0n) is 13.5. The Morgan fingerprint density at radius 1 is 1.08 bits per heavy atom. The summed E-state index contributed by atoms with van der Waals surface area (Å²) in [5.74, 6) is 0.0810. The largest absolute Gasteiger partial charge is 0.310 e. The lowest BCUT2D eigenvalue weighted by molar-refractivity contribution is -0.384. The first-order valence-corrected chi connectivity index (χ1v) is 7.86. The average Bonchev–Trinajstić information content (AvgIpc) is 2.56. The molecule has 0 aromatic heterocycles. The van der Waals surface area contributed by atoms with E-state index in [-0.39, 0.29) is 11.6 Å². The minimum Gasteiger partial charge on any atom is -0.310 e. The van der Waals surface area contributed by atoms with E-state index < -0.39 is 4.92 Å². The lowest BCUT2D eigenvalue weighted by atomic mass is 10.1. The van der Waals surface area contributed by atoms with Gasteiger partial charge in [-0.2, -0.15) is 0 Å². The van der Waals surface area contributed by atoms with Gasteiger partial charge in [-0.15, -0.1) is 0 Å². The van der Waals surface area contributed by atoms with Crippen LogP contribution in [0, 0.1) is 17.0 Å². The van der Waals surface area contributed by atoms with Crippen LogP contribution in [0.2, 0.25) is 0 Å². The fraction of sp³-hybridized carbons (Fsp3) is 0.278. The summed E-state index contributed by atoms with van der Waals surface area (Å²) < 4.78 is 0. The standard InChI is InChI=1S/C18H19N3O3/c1-14-4-2-3-5-17(14)20-11-10-19(13-18(20)22)12-15-6-8-16(9-7-15)21(23)24/h2-9H,10-13H2,1H3. The molecule has 6 heteroatoms. The number of nitro groups is 1. The predicted molar refractivity (Wildman–Crippen MR) is 91.9 cm³/mol. The Morgan fingerprint density at radius 3 is 2.42 bits per heavy atom. The molecule has 0 N–H and O–H groups in total. The monoisotopic (exact) mass is 325 g/mol. The fourth-order valence-electron chi connectivity index (χ4n) is 2.96. The molecule has 0 bridgehead atoms. The van der Waals surface area contributed by atoms with E-state index in [0.29, 0.717) is 19.6 Å². The van der Waals surface area contributed by atoms with Crippen LogP contribution in [0.15, 0.2) is 48.5 Å². The van der Waals surface area contributed by atoms with Gasteiger partial charge in [0.25, 0.3) is 5.69 Å². The molecule has 1 fully saturated rings. The molecule has 24 heavy (non-hydrogen) atoms. The Hall–Kier alpha value is -2.73. The molecule has 2 aromatic rings. The van der Waals surface area contributed by atoms with E-state index in [0.717, 1.165) is 23.4 Å². The van der Waals surface area contributed by atoms with E-state index >= 15 is 0 Å². The maximum absolute atomic E-state index is 12.5. The third-order valence-corrected chi connectivity index (χ3v) is 4.26. The Balaban J connectivity index is 1.64. The van der Waals surface area contributed by atoms with Crippen molar-refractivity contribution in [1.29, 1.82) is 0 Å². The van der Waals surface area contributed by atoms with E-state index in [9.17, 15) is 14.9 Å². The molecule has 3 rings (SSSR count). The Bertz CT molecular complexity index is 758. The number of amides is 1. The SMILES string of the molecule is Cc1ccccc1N1CCN(Cc2ccc([N+](=O)[O-])cc2)CC1=O. The molecular weight excluding hydrogens is 306 g/mol. The van der Waals surface area contributed by atoms with Crippen LogP contribution in [0.5, 0.6) is 0 Å². The summed E-state index contributed by atoms with van der Waals surface area (Å²) in [7, 11) is 0. The van der Waals surface area contributed by atoms with Gasteiger partial charge in [-0.1, -0.05) is 30.3 Å². The highest BCUT2D eigenvalue weighted by molar-refractivity contribution is 5.96. The molecular formula is C18H19N3O3. The first kappa shape index (κ1) is 16.1. The molecule has 0 spiro atoms. The van der Waals surface area contributed by atoms with Crippen LogP contribution in [-0.2, 0) is 11.3 Å². The van der Waals surface area contributed by atoms with Crippen LogP contribution >= 0.6 is 0 Å². The third-order valence-electron chi connectivity index (χ3n) is 4.26. The van der Waals surface area contributed by atoms with Crippen LogP contribution in [0.3, 0.4) is 0 Å². The molecule has 1 amide bonds. The summed E-state index contributed by atoms with van der Waals surface area (Å²) in [6.45, 7) is 4.40. The molecule has 1 aliphatic rings. The Labute approximate surface area is 140 Å². The molecule has 0 saturated carbocycles. The van der Waals surface area contributed by atoms with Gasteiger partial charge in [0.2, 0.25) is 5.91 Å². The van der Waals surface area contributed by atoms with Gasteiger partial charge in [-0.25, -0.2) is 0 Å². The van der Waals surface area contributed by atoms with E-state index in [1.54, 1.807) is 12.1 Å². The van der Waals surface area contributed by atoms with E-state index in [1.165, 1.54) is 12.1 Å². The number of non-ortho nitro benzene ring substituents is 1. The van der Waals surface area contributed by atoms with Crippen LogP contribution in [0.1, 0.15) is 11.1 Å². The highest BCUT2D eigenvalue weighted by Crippen LogP contribution is 2.22. The molecule has 6 nitrogen and oxygen atoms in total. The van der Waals surface area contributed by atoms with Crippen LogP contribution in [-0.4, -0.2) is 35.4 Å². The summed E-state index contributed by atoms with van der Waals surface area (Å²) in [6.07, 6.45) is 0. The maximum atomic E-state index is 12.5. The molecule has 124 valence electrons. The van der Waals surface area contributed by atoms with Crippen molar-refractivity contribution in [3.63, 3.8) is 0 Å². The lowest BCUT2D eigenvalue weighted by Crippen LogP contribution is -2.50. The number of piperazine rings is 1. The first-order chi connectivity index (χ1) is 11.5. The molecule has 1 aliphatic heterocycles. The zero-order valence-corrected chi connectivity index (χ0v) is 13.5. The minimum absolute atomic E-state index is 0.0810. The normalized spacial score (nSPS) is 15.5. The smallest absolute Gasteiger partial charge is 0.269 e. The highest BCUT2D eigenvalue weighted by atomic mass is 16.6. The Kier molecular flexibility index (Phi) is 4.57. The number of anilines is 1. The number of aryl methyl sites for hydroxylation is 1. The molecule has 0 radical (unpaired) electrons. The van der Waals surface area contributed by atoms with Gasteiger partial charge in [-0.05, 0) is 24.1 Å². The molecule has 2 aromatic carbocycles. The van der Waals surface area contributed by atoms with Crippen molar-refractivity contribution in [2.24, 2.45) is 0 Å². The number of carbonyl (C=O) groups excluding carboxylic acids is 1. The van der Waals surface area contributed by atoms with Gasteiger partial charge < -0.3 is 4.90 Å². The second-order valence-electron chi connectivity index (χ2n) is 5.97. The van der Waals surface area contributed by atoms with Crippen molar-refractivity contribution in [2.45, 2.75) is 13.5 Å². The lowest BCUT2D eigenvalue weighted by Gasteiger charge is -2.35. The summed E-state index contributed by atoms with van der Waals surface area (Å²) in [4.78, 5) is 26.7. The fourth-order valence-corrected chi connectivity index (χ4v) is 2.96. The molecule has 0 aliphatic carbocycles. The average molecular weight is 325 g/mol. The van der Waals surface area contributed by atoms with E-state index in [4.69, 9.17) is 0 Å². The minimum atomic E-state index is -0.408. The number of nitro benzene ring substituents is 1. The third kappa shape index (κ3) is 3.44. The molecule has 0 atom stereocenters. The van der Waals surface area contributed by atoms with E-state index in [1.807, 2.05) is 36.1 Å². The quantitative estimate of drug-likeness (QED) is 0.640. The molecule has 1 saturated heterocycles. The second kappa shape index (κ2) is 6.80. The van der Waals surface area contributed by atoms with Gasteiger partial charge >= 0.3 is 0 Å². The number of hydrogen-bond donors (Lipinski definition) is 0. The van der Waals surface area contributed by atoms with E-state index in [2.05, 4.69) is 4.90 Å². The van der Waals surface area contributed by atoms with Crippen LogP contribution < -0.4 is 4.90 Å². The van der Waals surface area contributed by atoms with Crippen molar-refractivity contribution < 1.29 is 9.72 Å². The van der Waals surface area contributed by atoms with Crippen LogP contribution in [0.4, 0.5) is 11.4 Å². The summed E-state index contributed by atoms with van der Waals surface area (Å²) in [5.41, 5.74) is 3.11. The van der Waals surface area contributed by atoms with Gasteiger partial charge in [0.1, 0.15) is 0 Å². The Morgan fingerprint density at radius 2 is 1.79 bits per heavy atom. The number of rotatable bonds is 4. The van der Waals surface area contributed by atoms with Gasteiger partial charge in [-0.3, -0.25) is 19.8 Å². The van der Waals surface area contributed by atoms with Gasteiger partial charge in [0.15, 0.2) is 0 Å². The van der Waals surface area contributed by atoms with Crippen LogP contribution in [0.25, 0.3) is 0 Å². The summed E-state index contributed by atoms with van der Waals surface area (Å²) in [6, 6.07) is 14.4. The van der Waals surface area contributed by atoms with Crippen molar-refractivity contribution in [2.75, 3.05) is 24.5 Å². The number of nitrogens with zero attached hydrogens (tertiary/aromatic N) is 3. The van der Waals surface area contributed by atoms with Crippen molar-refractivity contribution >= 4 is 17.3 Å². The number of benzene rings is 2. The first-order valence-electron chi connectivity index (χ1n) is 7.86. The molecule has 1 heterocycles. The highest BCUT2D eigenvalue weighted by Gasteiger charge is 2.25. The zero-order chi connectivity index (χ0) is 17.1. The second-order valence-corrected chi connectivity index (χ2v) is 5.97. The summed E-state index contributed by atoms with van der Waals surface area (Å²) in [5, 5.41) is 10.7. The van der Waals surface area contributed by atoms with Crippen molar-refractivity contribution in [3.05, 3.63) is 69.8 Å².